The van der Waals surface area contributed by atoms with Crippen LogP contribution in [0, 0.1) is 0 Å². The number of carbonyl (C=O) groups is 1. The summed E-state index contributed by atoms with van der Waals surface area (Å²) in [6, 6.07) is 15.1. The molecule has 0 fully saturated rings. The number of carbonyl (C=O) groups excluding carboxylic acids is 1. The van der Waals surface area contributed by atoms with Crippen molar-refractivity contribution in [2.75, 3.05) is 0 Å². The molecule has 0 saturated heterocycles. The molecule has 0 spiro atoms. The lowest BCUT2D eigenvalue weighted by atomic mass is 10.0. The van der Waals surface area contributed by atoms with Crippen LogP contribution in [0.1, 0.15) is 15.9 Å². The second-order valence-electron chi connectivity index (χ2n) is 5.26. The number of pyridine rings is 2. The summed E-state index contributed by atoms with van der Waals surface area (Å²) in [6.07, 6.45) is 7.02. The predicted octanol–water partition coefficient (Wildman–Crippen LogP) is 3.86. The second-order valence-corrected chi connectivity index (χ2v) is 5.26. The molecule has 1 aromatic carbocycles. The van der Waals surface area contributed by atoms with E-state index in [1.165, 1.54) is 0 Å². The Kier molecular flexibility index (Phi) is 3.20. The van der Waals surface area contributed by atoms with Crippen LogP contribution in [-0.2, 0) is 0 Å². The van der Waals surface area contributed by atoms with Crippen molar-refractivity contribution in [1.82, 2.24) is 15.0 Å². The van der Waals surface area contributed by atoms with E-state index < -0.39 is 0 Å². The zero-order chi connectivity index (χ0) is 15.6. The molecule has 0 aliphatic carbocycles. The average molecular weight is 299 g/mol. The third-order valence-corrected chi connectivity index (χ3v) is 3.81. The number of rotatable bonds is 3. The first-order valence-corrected chi connectivity index (χ1v) is 7.30. The molecule has 23 heavy (non-hydrogen) atoms. The molecule has 0 atom stereocenters. The molecule has 0 aliphatic heterocycles. The minimum atomic E-state index is -0.0120. The summed E-state index contributed by atoms with van der Waals surface area (Å²) >= 11 is 0. The van der Waals surface area contributed by atoms with Crippen molar-refractivity contribution < 1.29 is 4.79 Å². The number of aromatic amines is 1. The van der Waals surface area contributed by atoms with Gasteiger partial charge in [0.25, 0.3) is 0 Å². The number of fused-ring (bicyclic) bond motifs is 1. The molecule has 4 rings (SSSR count). The number of benzene rings is 1. The fourth-order valence-electron chi connectivity index (χ4n) is 2.63. The number of hydrogen-bond acceptors (Lipinski definition) is 3. The van der Waals surface area contributed by atoms with Gasteiger partial charge in [0.2, 0.25) is 0 Å². The second kappa shape index (κ2) is 5.50. The first kappa shape index (κ1) is 13.4. The minimum Gasteiger partial charge on any atom is -0.345 e. The fraction of sp³-hybridized carbons (Fsp3) is 0. The number of H-pyrrole nitrogens is 1. The van der Waals surface area contributed by atoms with Gasteiger partial charge in [-0.05, 0) is 12.1 Å². The van der Waals surface area contributed by atoms with Gasteiger partial charge in [-0.25, -0.2) is 4.98 Å². The maximum absolute atomic E-state index is 12.7. The van der Waals surface area contributed by atoms with Gasteiger partial charge in [-0.3, -0.25) is 9.78 Å². The lowest BCUT2D eigenvalue weighted by molar-refractivity contribution is 0.104. The van der Waals surface area contributed by atoms with Gasteiger partial charge in [0.1, 0.15) is 5.65 Å². The zero-order valence-corrected chi connectivity index (χ0v) is 12.2. The van der Waals surface area contributed by atoms with Crippen molar-refractivity contribution in [3.8, 4) is 11.1 Å². The number of nitrogens with one attached hydrogen (secondary N) is 1. The summed E-state index contributed by atoms with van der Waals surface area (Å²) < 4.78 is 0. The first-order chi connectivity index (χ1) is 11.3. The highest BCUT2D eigenvalue weighted by molar-refractivity contribution is 6.16. The van der Waals surface area contributed by atoms with Gasteiger partial charge >= 0.3 is 0 Å². The summed E-state index contributed by atoms with van der Waals surface area (Å²) in [5, 5.41) is 0.820. The van der Waals surface area contributed by atoms with E-state index in [1.54, 1.807) is 24.8 Å². The number of hydrogen-bond donors (Lipinski definition) is 1. The Morgan fingerprint density at radius 1 is 0.957 bits per heavy atom. The van der Waals surface area contributed by atoms with Crippen LogP contribution in [0.3, 0.4) is 0 Å². The Labute approximate surface area is 132 Å². The molecule has 4 nitrogen and oxygen atoms in total. The molecular weight excluding hydrogens is 286 g/mol. The smallest absolute Gasteiger partial charge is 0.195 e. The Hall–Kier alpha value is -3.27. The Morgan fingerprint density at radius 2 is 1.83 bits per heavy atom. The molecule has 0 bridgehead atoms. The summed E-state index contributed by atoms with van der Waals surface area (Å²) in [7, 11) is 0. The van der Waals surface area contributed by atoms with E-state index in [0.717, 1.165) is 16.5 Å². The maximum atomic E-state index is 12.7. The normalized spacial score (nSPS) is 10.8. The maximum Gasteiger partial charge on any atom is 0.195 e. The van der Waals surface area contributed by atoms with Crippen LogP contribution >= 0.6 is 0 Å². The predicted molar refractivity (Wildman–Crippen MR) is 89.2 cm³/mol. The van der Waals surface area contributed by atoms with Gasteiger partial charge in [0.15, 0.2) is 5.78 Å². The topological polar surface area (TPSA) is 58.6 Å². The van der Waals surface area contributed by atoms with Crippen molar-refractivity contribution in [2.45, 2.75) is 0 Å². The number of nitrogens with zero attached hydrogens (tertiary/aromatic N) is 2. The highest BCUT2D eigenvalue weighted by atomic mass is 16.1. The van der Waals surface area contributed by atoms with Crippen molar-refractivity contribution in [1.29, 1.82) is 0 Å². The molecule has 3 heterocycles. The molecule has 4 aromatic rings. The Morgan fingerprint density at radius 3 is 2.61 bits per heavy atom. The zero-order valence-electron chi connectivity index (χ0n) is 12.2. The van der Waals surface area contributed by atoms with Crippen LogP contribution in [0.5, 0.6) is 0 Å². The lowest BCUT2D eigenvalue weighted by Gasteiger charge is -2.02. The van der Waals surface area contributed by atoms with Crippen LogP contribution in [0.25, 0.3) is 22.2 Å². The quantitative estimate of drug-likeness (QED) is 0.584. The van der Waals surface area contributed by atoms with E-state index in [0.29, 0.717) is 16.8 Å². The average Bonchev–Trinajstić information content (AvgIpc) is 3.05. The van der Waals surface area contributed by atoms with E-state index in [4.69, 9.17) is 0 Å². The van der Waals surface area contributed by atoms with Gasteiger partial charge in [-0.1, -0.05) is 36.4 Å². The SMILES string of the molecule is O=C(c1ccccc1)c1c[nH]c2ncc(-c3cccnc3)cc12. The van der Waals surface area contributed by atoms with E-state index in [-0.39, 0.29) is 5.78 Å². The molecule has 0 unspecified atom stereocenters. The van der Waals surface area contributed by atoms with Gasteiger partial charge in [0.05, 0.1) is 0 Å². The molecule has 0 amide bonds. The van der Waals surface area contributed by atoms with Crippen LogP contribution in [0.4, 0.5) is 0 Å². The molecule has 110 valence electrons. The van der Waals surface area contributed by atoms with Crippen molar-refractivity contribution in [3.05, 3.63) is 84.4 Å². The van der Waals surface area contributed by atoms with E-state index in [1.807, 2.05) is 48.5 Å². The van der Waals surface area contributed by atoms with Crippen molar-refractivity contribution in [2.24, 2.45) is 0 Å². The van der Waals surface area contributed by atoms with E-state index in [2.05, 4.69) is 15.0 Å². The largest absolute Gasteiger partial charge is 0.345 e. The monoisotopic (exact) mass is 299 g/mol. The molecule has 3 aromatic heterocycles. The minimum absolute atomic E-state index is 0.0120. The molecular formula is C19H13N3O. The van der Waals surface area contributed by atoms with Crippen LogP contribution < -0.4 is 0 Å². The van der Waals surface area contributed by atoms with Crippen molar-refractivity contribution in [3.63, 3.8) is 0 Å². The molecule has 0 radical (unpaired) electrons. The van der Waals surface area contributed by atoms with Gasteiger partial charge in [-0.15, -0.1) is 0 Å². The van der Waals surface area contributed by atoms with Gasteiger partial charge < -0.3 is 4.98 Å². The summed E-state index contributed by atoms with van der Waals surface area (Å²) in [6.45, 7) is 0. The van der Waals surface area contributed by atoms with Crippen molar-refractivity contribution >= 4 is 16.8 Å². The molecule has 4 heteroatoms. The molecule has 0 saturated carbocycles. The van der Waals surface area contributed by atoms with Crippen LogP contribution in [0.2, 0.25) is 0 Å². The lowest BCUT2D eigenvalue weighted by Crippen LogP contribution is -1.99. The number of ketones is 1. The van der Waals surface area contributed by atoms with Crippen LogP contribution in [0.15, 0.2) is 73.3 Å². The van der Waals surface area contributed by atoms with Crippen LogP contribution in [-0.4, -0.2) is 20.7 Å². The third-order valence-electron chi connectivity index (χ3n) is 3.81. The molecule has 0 aliphatic rings. The third kappa shape index (κ3) is 2.40. The van der Waals surface area contributed by atoms with Gasteiger partial charge in [0, 0.05) is 52.4 Å². The Bertz CT molecular complexity index is 975. The first-order valence-electron chi connectivity index (χ1n) is 7.30. The highest BCUT2D eigenvalue weighted by Gasteiger charge is 2.15. The van der Waals surface area contributed by atoms with Gasteiger partial charge in [-0.2, -0.15) is 0 Å². The summed E-state index contributed by atoms with van der Waals surface area (Å²) in [5.41, 5.74) is 3.91. The standard InChI is InChI=1S/C19H13N3O/c23-18(13-5-2-1-3-6-13)17-12-22-19-16(17)9-15(11-21-19)14-7-4-8-20-10-14/h1-12H,(H,21,22). The van der Waals surface area contributed by atoms with E-state index in [9.17, 15) is 4.79 Å². The fourth-order valence-corrected chi connectivity index (χ4v) is 2.63. The summed E-state index contributed by atoms with van der Waals surface area (Å²) in [4.78, 5) is 24.3. The molecule has 1 N–H and O–H groups in total. The van der Waals surface area contributed by atoms with E-state index >= 15 is 0 Å². The highest BCUT2D eigenvalue weighted by Crippen LogP contribution is 2.25. The summed E-state index contributed by atoms with van der Waals surface area (Å²) in [5.74, 6) is -0.0120. The Balaban J connectivity index is 1.84. The number of aromatic nitrogens is 3.